The normalized spacial score (nSPS) is 17.0. The maximum atomic E-state index is 12.4. The summed E-state index contributed by atoms with van der Waals surface area (Å²) in [4.78, 5) is 25.2. The minimum atomic E-state index is -4.57. The molecule has 0 radical (unpaired) electrons. The van der Waals surface area contributed by atoms with Crippen LogP contribution in [0.1, 0.15) is 12.8 Å². The molecule has 0 bridgehead atoms. The van der Waals surface area contributed by atoms with E-state index in [4.69, 9.17) is 21.1 Å². The van der Waals surface area contributed by atoms with Crippen molar-refractivity contribution in [3.63, 3.8) is 0 Å². The van der Waals surface area contributed by atoms with Crippen LogP contribution in [0.3, 0.4) is 0 Å². The molecular weight excluding hydrogens is 393 g/mol. The number of nitrogens with zero attached hydrogens (tertiary/aromatic N) is 1. The van der Waals surface area contributed by atoms with Crippen molar-refractivity contribution in [2.75, 3.05) is 31.8 Å². The monoisotopic (exact) mass is 408 g/mol. The fraction of sp³-hybridized carbons (Fsp3) is 0.500. The maximum Gasteiger partial charge on any atom is 0.422 e. The predicted molar refractivity (Wildman–Crippen MR) is 87.9 cm³/mol. The Morgan fingerprint density at radius 2 is 1.85 bits per heavy atom. The van der Waals surface area contributed by atoms with Gasteiger partial charge >= 0.3 is 12.3 Å². The van der Waals surface area contributed by atoms with Gasteiger partial charge in [-0.2, -0.15) is 13.2 Å². The molecule has 0 aliphatic carbocycles. The first kappa shape index (κ1) is 19.4. The highest BCUT2D eigenvalue weighted by molar-refractivity contribution is 6.34. The Hall–Kier alpha value is -2.36. The van der Waals surface area contributed by atoms with Crippen molar-refractivity contribution in [2.45, 2.75) is 19.0 Å². The summed E-state index contributed by atoms with van der Waals surface area (Å²) < 4.78 is 50.9. The lowest BCUT2D eigenvalue weighted by atomic mass is 9.96. The topological polar surface area (TPSA) is 77.1 Å². The first-order chi connectivity index (χ1) is 12.7. The number of amides is 2. The molecule has 0 aromatic heterocycles. The number of carbonyl (C=O) groups is 2. The van der Waals surface area contributed by atoms with Crippen molar-refractivity contribution < 1.29 is 37.0 Å². The van der Waals surface area contributed by atoms with Gasteiger partial charge in [0.1, 0.15) is 0 Å². The summed E-state index contributed by atoms with van der Waals surface area (Å²) in [5.41, 5.74) is 0.373. The highest BCUT2D eigenvalue weighted by atomic mass is 35.5. The molecule has 148 valence electrons. The number of hydrogen-bond acceptors (Lipinski definition) is 5. The summed E-state index contributed by atoms with van der Waals surface area (Å²) in [5.74, 6) is 0.262. The number of carbonyl (C=O) groups excluding carboxylic acids is 2. The van der Waals surface area contributed by atoms with Gasteiger partial charge in [-0.3, -0.25) is 4.79 Å². The highest BCUT2D eigenvalue weighted by Gasteiger charge is 2.33. The zero-order chi connectivity index (χ0) is 19.6. The average Bonchev–Trinajstić information content (AvgIpc) is 3.06. The molecule has 0 unspecified atom stereocenters. The molecule has 1 aromatic carbocycles. The van der Waals surface area contributed by atoms with Gasteiger partial charge < -0.3 is 24.4 Å². The maximum absolute atomic E-state index is 12.4. The number of halogens is 4. The second-order valence-electron chi connectivity index (χ2n) is 6.11. The van der Waals surface area contributed by atoms with Crippen molar-refractivity contribution >= 4 is 29.3 Å². The lowest BCUT2D eigenvalue weighted by Gasteiger charge is -2.30. The van der Waals surface area contributed by atoms with E-state index in [-0.39, 0.29) is 25.8 Å². The Morgan fingerprint density at radius 1 is 1.22 bits per heavy atom. The average molecular weight is 409 g/mol. The van der Waals surface area contributed by atoms with Crippen LogP contribution >= 0.6 is 11.6 Å². The van der Waals surface area contributed by atoms with Crippen LogP contribution in [0.2, 0.25) is 5.02 Å². The molecule has 1 saturated heterocycles. The van der Waals surface area contributed by atoms with Gasteiger partial charge in [-0.25, -0.2) is 4.79 Å². The van der Waals surface area contributed by atoms with Crippen molar-refractivity contribution in [3.8, 4) is 11.5 Å². The standard InChI is InChI=1S/C16H16ClF3N2O5/c17-10-5-12-13(27-8-26-12)6-11(10)21-14(23)9-1-3-22(4-2-9)15(24)25-7-16(18,19)20/h5-6,9H,1-4,7-8H2,(H,21,23). The number of nitrogens with one attached hydrogen (secondary N) is 1. The van der Waals surface area contributed by atoms with E-state index in [9.17, 15) is 22.8 Å². The molecule has 2 aliphatic heterocycles. The minimum Gasteiger partial charge on any atom is -0.454 e. The zero-order valence-electron chi connectivity index (χ0n) is 14.0. The number of fused-ring (bicyclic) bond motifs is 1. The van der Waals surface area contributed by atoms with Crippen LogP contribution in [0.25, 0.3) is 0 Å². The minimum absolute atomic E-state index is 0.0754. The second-order valence-corrected chi connectivity index (χ2v) is 6.51. The molecule has 3 rings (SSSR count). The van der Waals surface area contributed by atoms with Crippen molar-refractivity contribution in [1.29, 1.82) is 0 Å². The quantitative estimate of drug-likeness (QED) is 0.829. The van der Waals surface area contributed by atoms with E-state index >= 15 is 0 Å². The molecule has 11 heteroatoms. The summed E-state index contributed by atoms with van der Waals surface area (Å²) in [7, 11) is 0. The van der Waals surface area contributed by atoms with Gasteiger partial charge in [0, 0.05) is 31.1 Å². The number of hydrogen-bond donors (Lipinski definition) is 1. The van der Waals surface area contributed by atoms with Crippen molar-refractivity contribution in [3.05, 3.63) is 17.2 Å². The molecule has 2 aliphatic rings. The number of alkyl halides is 3. The van der Waals surface area contributed by atoms with Crippen LogP contribution in [0.15, 0.2) is 12.1 Å². The lowest BCUT2D eigenvalue weighted by molar-refractivity contribution is -0.162. The summed E-state index contributed by atoms with van der Waals surface area (Å²) in [6, 6.07) is 3.10. The third-order valence-electron chi connectivity index (χ3n) is 4.20. The first-order valence-corrected chi connectivity index (χ1v) is 8.49. The van der Waals surface area contributed by atoms with Crippen molar-refractivity contribution in [2.24, 2.45) is 5.92 Å². The molecule has 27 heavy (non-hydrogen) atoms. The zero-order valence-corrected chi connectivity index (χ0v) is 14.7. The smallest absolute Gasteiger partial charge is 0.422 e. The summed E-state index contributed by atoms with van der Waals surface area (Å²) in [6.07, 6.45) is -5.01. The van der Waals surface area contributed by atoms with Crippen LogP contribution in [-0.2, 0) is 9.53 Å². The van der Waals surface area contributed by atoms with E-state index in [2.05, 4.69) is 10.1 Å². The van der Waals surface area contributed by atoms with Gasteiger partial charge in [0.05, 0.1) is 10.7 Å². The summed E-state index contributed by atoms with van der Waals surface area (Å²) in [5, 5.41) is 3.00. The van der Waals surface area contributed by atoms with Crippen LogP contribution in [0, 0.1) is 5.92 Å². The number of rotatable bonds is 3. The van der Waals surface area contributed by atoms with E-state index in [1.54, 1.807) is 12.1 Å². The second kappa shape index (κ2) is 7.71. The largest absolute Gasteiger partial charge is 0.454 e. The molecule has 0 atom stereocenters. The molecule has 2 heterocycles. The highest BCUT2D eigenvalue weighted by Crippen LogP contribution is 2.39. The molecule has 1 aromatic rings. The van der Waals surface area contributed by atoms with Crippen LogP contribution < -0.4 is 14.8 Å². The SMILES string of the molecule is O=C(Nc1cc2c(cc1Cl)OCO2)C1CCN(C(=O)OCC(F)(F)F)CC1. The number of piperidine rings is 1. The molecule has 0 spiro atoms. The van der Waals surface area contributed by atoms with E-state index in [1.165, 1.54) is 0 Å². The molecule has 1 fully saturated rings. The summed E-state index contributed by atoms with van der Waals surface area (Å²) >= 11 is 6.12. The Morgan fingerprint density at radius 3 is 2.48 bits per heavy atom. The summed E-state index contributed by atoms with van der Waals surface area (Å²) in [6.45, 7) is -1.30. The van der Waals surface area contributed by atoms with Gasteiger partial charge in [-0.05, 0) is 12.8 Å². The molecule has 0 saturated carbocycles. The third-order valence-corrected chi connectivity index (χ3v) is 4.52. The number of ether oxygens (including phenoxy) is 3. The van der Waals surface area contributed by atoms with Crippen LogP contribution in [0.4, 0.5) is 23.7 Å². The van der Waals surface area contributed by atoms with Gasteiger partial charge in [0.25, 0.3) is 0 Å². The third kappa shape index (κ3) is 4.88. The molecular formula is C16H16ClF3N2O5. The first-order valence-electron chi connectivity index (χ1n) is 8.11. The lowest BCUT2D eigenvalue weighted by Crippen LogP contribution is -2.42. The van der Waals surface area contributed by atoms with Gasteiger partial charge in [-0.15, -0.1) is 0 Å². The Bertz CT molecular complexity index is 736. The van der Waals surface area contributed by atoms with E-state index in [0.717, 1.165) is 4.90 Å². The van der Waals surface area contributed by atoms with E-state index in [0.29, 0.717) is 35.1 Å². The molecule has 2 amide bonds. The Kier molecular flexibility index (Phi) is 5.54. The fourth-order valence-electron chi connectivity index (χ4n) is 2.81. The van der Waals surface area contributed by atoms with Gasteiger partial charge in [-0.1, -0.05) is 11.6 Å². The fourth-order valence-corrected chi connectivity index (χ4v) is 3.01. The van der Waals surface area contributed by atoms with Crippen molar-refractivity contribution in [1.82, 2.24) is 4.90 Å². The number of anilines is 1. The van der Waals surface area contributed by atoms with E-state index < -0.39 is 24.8 Å². The van der Waals surface area contributed by atoms with Gasteiger partial charge in [0.2, 0.25) is 12.7 Å². The van der Waals surface area contributed by atoms with Crippen LogP contribution in [0.5, 0.6) is 11.5 Å². The Labute approximate surface area is 157 Å². The molecule has 1 N–H and O–H groups in total. The Balaban J connectivity index is 1.51. The number of likely N-dealkylation sites (tertiary alicyclic amines) is 1. The van der Waals surface area contributed by atoms with Gasteiger partial charge in [0.15, 0.2) is 18.1 Å². The molecule has 7 nitrogen and oxygen atoms in total. The van der Waals surface area contributed by atoms with Crippen LogP contribution in [-0.4, -0.2) is 49.6 Å². The number of benzene rings is 1. The van der Waals surface area contributed by atoms with E-state index in [1.807, 2.05) is 0 Å². The predicted octanol–water partition coefficient (Wildman–Crippen LogP) is 3.42.